The molecule has 1 heterocycles. The maximum Gasteiger partial charge on any atom is 0.348 e. The van der Waals surface area contributed by atoms with Gasteiger partial charge >= 0.3 is 5.97 Å². The molecule has 3 rings (SSSR count). The Morgan fingerprint density at radius 2 is 1.71 bits per heavy atom. The van der Waals surface area contributed by atoms with Gasteiger partial charge in [-0.05, 0) is 42.5 Å². The largest absolute Gasteiger partial charge is 0.439 e. The van der Waals surface area contributed by atoms with Crippen LogP contribution in [-0.4, -0.2) is 11.0 Å². The molecule has 0 radical (unpaired) electrons. The van der Waals surface area contributed by atoms with Crippen LogP contribution >= 0.6 is 11.6 Å². The van der Waals surface area contributed by atoms with E-state index in [1.807, 2.05) is 0 Å². The van der Waals surface area contributed by atoms with E-state index in [0.717, 1.165) is 6.07 Å². The van der Waals surface area contributed by atoms with Crippen molar-refractivity contribution in [2.45, 2.75) is 0 Å². The number of hydrogen-bond acceptors (Lipinski definition) is 4. The van der Waals surface area contributed by atoms with Crippen LogP contribution in [0.3, 0.4) is 0 Å². The van der Waals surface area contributed by atoms with Gasteiger partial charge in [-0.25, -0.2) is 14.2 Å². The average molecular weight is 344 g/mol. The summed E-state index contributed by atoms with van der Waals surface area (Å²) >= 11 is 5.84. The van der Waals surface area contributed by atoms with Crippen molar-refractivity contribution in [3.63, 3.8) is 0 Å². The Bertz CT molecular complexity index is 834. The zero-order valence-corrected chi connectivity index (χ0v) is 13.0. The minimum Gasteiger partial charge on any atom is -0.439 e. The van der Waals surface area contributed by atoms with Crippen molar-refractivity contribution in [3.05, 3.63) is 83.3 Å². The molecule has 120 valence electrons. The fourth-order valence-corrected chi connectivity index (χ4v) is 2.19. The van der Waals surface area contributed by atoms with Gasteiger partial charge in [0.05, 0.1) is 5.02 Å². The second-order valence-electron chi connectivity index (χ2n) is 4.73. The van der Waals surface area contributed by atoms with Gasteiger partial charge in [0.2, 0.25) is 5.88 Å². The molecular weight excluding hydrogens is 333 g/mol. The third kappa shape index (κ3) is 3.70. The zero-order valence-electron chi connectivity index (χ0n) is 12.3. The van der Waals surface area contributed by atoms with Crippen LogP contribution in [0.1, 0.15) is 10.4 Å². The molecule has 0 aliphatic carbocycles. The molecule has 0 fully saturated rings. The Labute approximate surface area is 142 Å². The van der Waals surface area contributed by atoms with E-state index in [1.54, 1.807) is 36.5 Å². The monoisotopic (exact) mass is 343 g/mol. The minimum absolute atomic E-state index is 0.00453. The van der Waals surface area contributed by atoms with Crippen molar-refractivity contribution in [1.82, 2.24) is 4.98 Å². The lowest BCUT2D eigenvalue weighted by atomic mass is 10.2. The number of pyridine rings is 1. The van der Waals surface area contributed by atoms with Crippen LogP contribution in [0.5, 0.6) is 17.4 Å². The first-order chi connectivity index (χ1) is 11.6. The summed E-state index contributed by atoms with van der Waals surface area (Å²) in [5.41, 5.74) is -0.298. The number of aromatic nitrogens is 1. The van der Waals surface area contributed by atoms with Gasteiger partial charge in [0.1, 0.15) is 22.9 Å². The summed E-state index contributed by atoms with van der Waals surface area (Å²) in [6.45, 7) is 0. The first kappa shape index (κ1) is 16.0. The highest BCUT2D eigenvalue weighted by atomic mass is 35.5. The van der Waals surface area contributed by atoms with E-state index in [9.17, 15) is 9.18 Å². The Balaban J connectivity index is 1.71. The van der Waals surface area contributed by atoms with E-state index in [0.29, 0.717) is 11.6 Å². The van der Waals surface area contributed by atoms with Crippen molar-refractivity contribution < 1.29 is 18.7 Å². The third-order valence-electron chi connectivity index (χ3n) is 3.06. The molecule has 0 aliphatic rings. The summed E-state index contributed by atoms with van der Waals surface area (Å²) < 4.78 is 24.4. The molecule has 2 aromatic carbocycles. The van der Waals surface area contributed by atoms with Gasteiger partial charge in [-0.2, -0.15) is 0 Å². The number of esters is 1. The number of carbonyl (C=O) groups is 1. The van der Waals surface area contributed by atoms with E-state index in [-0.39, 0.29) is 16.3 Å². The highest BCUT2D eigenvalue weighted by Crippen LogP contribution is 2.24. The fourth-order valence-electron chi connectivity index (χ4n) is 1.95. The Hall–Kier alpha value is -2.92. The van der Waals surface area contributed by atoms with E-state index < -0.39 is 11.8 Å². The smallest absolute Gasteiger partial charge is 0.348 e. The number of nitrogens with zero attached hydrogens (tertiary/aromatic N) is 1. The second kappa shape index (κ2) is 7.10. The lowest BCUT2D eigenvalue weighted by Crippen LogP contribution is -2.11. The molecule has 0 saturated heterocycles. The van der Waals surface area contributed by atoms with Crippen LogP contribution < -0.4 is 9.47 Å². The van der Waals surface area contributed by atoms with E-state index >= 15 is 0 Å². The fraction of sp³-hybridized carbons (Fsp3) is 0. The van der Waals surface area contributed by atoms with Crippen LogP contribution in [0, 0.1) is 5.82 Å². The summed E-state index contributed by atoms with van der Waals surface area (Å²) in [5, 5.41) is -0.00453. The molecule has 6 heteroatoms. The highest BCUT2D eigenvalue weighted by Gasteiger charge is 2.18. The standard InChI is InChI=1S/C18H11ClFNO3/c19-14-4-3-5-15(20)17(14)18(22)24-13-9-7-12(8-10-13)23-16-6-1-2-11-21-16/h1-11H. The maximum atomic E-state index is 13.7. The first-order valence-electron chi connectivity index (χ1n) is 6.98. The van der Waals surface area contributed by atoms with Crippen LogP contribution in [-0.2, 0) is 0 Å². The topological polar surface area (TPSA) is 48.4 Å². The molecule has 0 bridgehead atoms. The minimum atomic E-state index is -0.864. The van der Waals surface area contributed by atoms with E-state index in [4.69, 9.17) is 21.1 Å². The highest BCUT2D eigenvalue weighted by molar-refractivity contribution is 6.33. The van der Waals surface area contributed by atoms with Gasteiger partial charge in [-0.1, -0.05) is 23.7 Å². The van der Waals surface area contributed by atoms with Crippen LogP contribution in [0.4, 0.5) is 4.39 Å². The number of hydrogen-bond donors (Lipinski definition) is 0. The van der Waals surface area contributed by atoms with E-state index in [1.165, 1.54) is 24.3 Å². The van der Waals surface area contributed by atoms with Gasteiger partial charge in [0.15, 0.2) is 0 Å². The maximum absolute atomic E-state index is 13.7. The molecule has 3 aromatic rings. The van der Waals surface area contributed by atoms with Gasteiger partial charge < -0.3 is 9.47 Å². The molecule has 0 N–H and O–H groups in total. The van der Waals surface area contributed by atoms with Crippen LogP contribution in [0.25, 0.3) is 0 Å². The molecule has 0 aliphatic heterocycles. The van der Waals surface area contributed by atoms with E-state index in [2.05, 4.69) is 4.98 Å². The van der Waals surface area contributed by atoms with Gasteiger partial charge in [0, 0.05) is 12.3 Å². The van der Waals surface area contributed by atoms with Crippen molar-refractivity contribution >= 4 is 17.6 Å². The lowest BCUT2D eigenvalue weighted by Gasteiger charge is -2.08. The normalized spacial score (nSPS) is 10.2. The summed E-state index contributed by atoms with van der Waals surface area (Å²) in [4.78, 5) is 16.1. The molecule has 0 atom stereocenters. The lowest BCUT2D eigenvalue weighted by molar-refractivity contribution is 0.0730. The van der Waals surface area contributed by atoms with Gasteiger partial charge in [-0.15, -0.1) is 0 Å². The molecule has 4 nitrogen and oxygen atoms in total. The van der Waals surface area contributed by atoms with Crippen molar-refractivity contribution in [2.24, 2.45) is 0 Å². The molecule has 0 spiro atoms. The molecule has 0 amide bonds. The van der Waals surface area contributed by atoms with Crippen molar-refractivity contribution in [1.29, 1.82) is 0 Å². The predicted molar refractivity (Wildman–Crippen MR) is 87.1 cm³/mol. The van der Waals surface area contributed by atoms with Crippen LogP contribution in [0.15, 0.2) is 66.9 Å². The predicted octanol–water partition coefficient (Wildman–Crippen LogP) is 4.89. The summed E-state index contributed by atoms with van der Waals surface area (Å²) in [6, 6.07) is 15.6. The molecule has 24 heavy (non-hydrogen) atoms. The Morgan fingerprint density at radius 1 is 0.958 bits per heavy atom. The summed E-state index contributed by atoms with van der Waals surface area (Å²) in [6.07, 6.45) is 1.61. The molecule has 1 aromatic heterocycles. The number of rotatable bonds is 4. The van der Waals surface area contributed by atoms with Crippen molar-refractivity contribution in [3.8, 4) is 17.4 Å². The Morgan fingerprint density at radius 3 is 2.38 bits per heavy atom. The number of ether oxygens (including phenoxy) is 2. The molecule has 0 saturated carbocycles. The SMILES string of the molecule is O=C(Oc1ccc(Oc2ccccn2)cc1)c1c(F)cccc1Cl. The van der Waals surface area contributed by atoms with Crippen molar-refractivity contribution in [2.75, 3.05) is 0 Å². The number of benzene rings is 2. The van der Waals surface area contributed by atoms with Crippen LogP contribution in [0.2, 0.25) is 5.02 Å². The van der Waals surface area contributed by atoms with Gasteiger partial charge in [-0.3, -0.25) is 0 Å². The number of halogens is 2. The summed E-state index contributed by atoms with van der Waals surface area (Å²) in [5.74, 6) is -0.385. The average Bonchev–Trinajstić information content (AvgIpc) is 2.57. The third-order valence-corrected chi connectivity index (χ3v) is 3.38. The molecule has 0 unspecified atom stereocenters. The summed E-state index contributed by atoms with van der Waals surface area (Å²) in [7, 11) is 0. The first-order valence-corrected chi connectivity index (χ1v) is 7.36. The second-order valence-corrected chi connectivity index (χ2v) is 5.13. The molecular formula is C18H11ClFNO3. The Kier molecular flexibility index (Phi) is 4.72. The quantitative estimate of drug-likeness (QED) is 0.500. The van der Waals surface area contributed by atoms with Gasteiger partial charge in [0.25, 0.3) is 0 Å². The zero-order chi connectivity index (χ0) is 16.9. The number of carbonyl (C=O) groups excluding carboxylic acids is 1.